The van der Waals surface area contributed by atoms with Gasteiger partial charge >= 0.3 is 0 Å². The maximum atomic E-state index is 5.83. The first-order valence-corrected chi connectivity index (χ1v) is 4.73. The van der Waals surface area contributed by atoms with Crippen LogP contribution in [0, 0.1) is 11.8 Å². The van der Waals surface area contributed by atoms with Gasteiger partial charge in [0.1, 0.15) is 0 Å². The normalized spacial score (nSPS) is 35.5. The van der Waals surface area contributed by atoms with Gasteiger partial charge in [0.25, 0.3) is 0 Å². The monoisotopic (exact) mass is 172 g/mol. The van der Waals surface area contributed by atoms with Gasteiger partial charge in [-0.15, -0.1) is 0 Å². The summed E-state index contributed by atoms with van der Waals surface area (Å²) >= 11 is 0. The Kier molecular flexibility index (Phi) is 2.79. The maximum Gasteiger partial charge on any atom is 0.160 e. The zero-order valence-corrected chi connectivity index (χ0v) is 8.76. The van der Waals surface area contributed by atoms with Crippen molar-refractivity contribution in [1.82, 2.24) is 0 Å². The van der Waals surface area contributed by atoms with Gasteiger partial charge in [-0.1, -0.05) is 20.8 Å². The predicted octanol–water partition coefficient (Wildman–Crippen LogP) is 2.43. The zero-order chi connectivity index (χ0) is 9.35. The fourth-order valence-electron chi connectivity index (χ4n) is 1.22. The summed E-state index contributed by atoms with van der Waals surface area (Å²) in [6.45, 7) is 11.5. The molecule has 0 N–H and O–H groups in total. The van der Waals surface area contributed by atoms with E-state index in [1.54, 1.807) is 0 Å². The Balaban J connectivity index is 2.57. The van der Waals surface area contributed by atoms with Gasteiger partial charge in [-0.05, 0) is 13.8 Å². The Morgan fingerprint density at radius 2 is 1.92 bits per heavy atom. The van der Waals surface area contributed by atoms with E-state index < -0.39 is 0 Å². The Morgan fingerprint density at radius 3 is 2.33 bits per heavy atom. The molecule has 2 nitrogen and oxygen atoms in total. The molecule has 0 radical (unpaired) electrons. The highest BCUT2D eigenvalue weighted by molar-refractivity contribution is 4.80. The van der Waals surface area contributed by atoms with Gasteiger partial charge < -0.3 is 9.47 Å². The fourth-order valence-corrected chi connectivity index (χ4v) is 1.22. The van der Waals surface area contributed by atoms with Crippen molar-refractivity contribution in [3.63, 3.8) is 0 Å². The van der Waals surface area contributed by atoms with Crippen LogP contribution < -0.4 is 0 Å². The molecule has 2 atom stereocenters. The zero-order valence-electron chi connectivity index (χ0n) is 8.76. The number of ether oxygens (including phenoxy) is 2. The number of hydrogen-bond donors (Lipinski definition) is 0. The Hall–Kier alpha value is -0.0800. The average molecular weight is 172 g/mol. The fraction of sp³-hybridized carbons (Fsp3) is 1.00. The summed E-state index contributed by atoms with van der Waals surface area (Å²) in [7, 11) is 0. The van der Waals surface area contributed by atoms with E-state index in [4.69, 9.17) is 9.47 Å². The molecule has 2 heteroatoms. The van der Waals surface area contributed by atoms with Crippen molar-refractivity contribution >= 4 is 0 Å². The molecule has 1 rings (SSSR count). The number of rotatable bonds is 1. The summed E-state index contributed by atoms with van der Waals surface area (Å²) in [5.41, 5.74) is -0.0345. The molecule has 0 aromatic heterocycles. The largest absolute Gasteiger partial charge is 0.352 e. The lowest BCUT2D eigenvalue weighted by Crippen LogP contribution is -2.47. The molecular formula is C10H20O2. The molecule has 1 saturated heterocycles. The molecule has 1 aliphatic rings. The number of hydrogen-bond acceptors (Lipinski definition) is 2. The van der Waals surface area contributed by atoms with Crippen LogP contribution in [0.2, 0.25) is 0 Å². The van der Waals surface area contributed by atoms with Gasteiger partial charge in [0.15, 0.2) is 6.29 Å². The van der Waals surface area contributed by atoms with Gasteiger partial charge in [0.2, 0.25) is 0 Å². The highest BCUT2D eigenvalue weighted by atomic mass is 16.7. The van der Waals surface area contributed by atoms with E-state index >= 15 is 0 Å². The van der Waals surface area contributed by atoms with E-state index in [9.17, 15) is 0 Å². The highest BCUT2D eigenvalue weighted by Gasteiger charge is 2.36. The van der Waals surface area contributed by atoms with Crippen LogP contribution in [0.1, 0.15) is 34.6 Å². The lowest BCUT2D eigenvalue weighted by atomic mass is 9.92. The summed E-state index contributed by atoms with van der Waals surface area (Å²) in [5.74, 6) is 0.921. The first kappa shape index (κ1) is 10.0. The summed E-state index contributed by atoms with van der Waals surface area (Å²) < 4.78 is 11.4. The molecule has 2 unspecified atom stereocenters. The Morgan fingerprint density at radius 1 is 1.33 bits per heavy atom. The topological polar surface area (TPSA) is 18.5 Å². The SMILES string of the molecule is CC(C)C1OCC(C)C(C)(C)O1. The van der Waals surface area contributed by atoms with E-state index in [1.807, 2.05) is 0 Å². The van der Waals surface area contributed by atoms with Crippen molar-refractivity contribution in [2.45, 2.75) is 46.5 Å². The lowest BCUT2D eigenvalue weighted by molar-refractivity contribution is -0.282. The highest BCUT2D eigenvalue weighted by Crippen LogP contribution is 2.30. The molecule has 0 saturated carbocycles. The van der Waals surface area contributed by atoms with Crippen molar-refractivity contribution in [2.75, 3.05) is 6.61 Å². The Labute approximate surface area is 75.2 Å². The minimum absolute atomic E-state index is 0.0174. The molecule has 0 aliphatic carbocycles. The van der Waals surface area contributed by atoms with E-state index in [0.717, 1.165) is 6.61 Å². The smallest absolute Gasteiger partial charge is 0.160 e. The molecule has 12 heavy (non-hydrogen) atoms. The van der Waals surface area contributed by atoms with Crippen LogP contribution in [-0.4, -0.2) is 18.5 Å². The first-order valence-electron chi connectivity index (χ1n) is 4.73. The summed E-state index contributed by atoms with van der Waals surface area (Å²) in [6.07, 6.45) is -0.0174. The average Bonchev–Trinajstić information content (AvgIpc) is 1.94. The van der Waals surface area contributed by atoms with Crippen LogP contribution in [0.25, 0.3) is 0 Å². The molecule has 1 heterocycles. The Bertz CT molecular complexity index is 152. The molecule has 0 aromatic rings. The van der Waals surface area contributed by atoms with Crippen molar-refractivity contribution in [1.29, 1.82) is 0 Å². The summed E-state index contributed by atoms with van der Waals surface area (Å²) in [6, 6.07) is 0. The van der Waals surface area contributed by atoms with Crippen molar-refractivity contribution in [3.8, 4) is 0 Å². The van der Waals surface area contributed by atoms with Gasteiger partial charge in [-0.2, -0.15) is 0 Å². The quantitative estimate of drug-likeness (QED) is 0.604. The van der Waals surface area contributed by atoms with Crippen molar-refractivity contribution < 1.29 is 9.47 Å². The lowest BCUT2D eigenvalue weighted by Gasteiger charge is -2.42. The summed E-state index contributed by atoms with van der Waals surface area (Å²) in [5, 5.41) is 0. The molecule has 72 valence electrons. The second-order valence-electron chi connectivity index (χ2n) is 4.57. The molecular weight excluding hydrogens is 152 g/mol. The van der Waals surface area contributed by atoms with Gasteiger partial charge in [0.05, 0.1) is 12.2 Å². The second-order valence-corrected chi connectivity index (χ2v) is 4.57. The third-order valence-electron chi connectivity index (χ3n) is 2.66. The molecule has 1 fully saturated rings. The third-order valence-corrected chi connectivity index (χ3v) is 2.66. The third kappa shape index (κ3) is 1.99. The van der Waals surface area contributed by atoms with Crippen LogP contribution in [-0.2, 0) is 9.47 Å². The van der Waals surface area contributed by atoms with Crippen LogP contribution in [0.5, 0.6) is 0 Å². The molecule has 0 spiro atoms. The van der Waals surface area contributed by atoms with Gasteiger partial charge in [0, 0.05) is 11.8 Å². The predicted molar refractivity (Wildman–Crippen MR) is 48.9 cm³/mol. The molecule has 0 amide bonds. The van der Waals surface area contributed by atoms with E-state index in [-0.39, 0.29) is 11.9 Å². The van der Waals surface area contributed by atoms with Crippen LogP contribution in [0.3, 0.4) is 0 Å². The minimum atomic E-state index is -0.0345. The standard InChI is InChI=1S/C10H20O2/c1-7(2)9-11-6-8(3)10(4,5)12-9/h7-9H,6H2,1-5H3. The summed E-state index contributed by atoms with van der Waals surface area (Å²) in [4.78, 5) is 0. The van der Waals surface area contributed by atoms with Gasteiger partial charge in [-0.25, -0.2) is 0 Å². The van der Waals surface area contributed by atoms with E-state index in [2.05, 4.69) is 34.6 Å². The maximum absolute atomic E-state index is 5.83. The van der Waals surface area contributed by atoms with Crippen molar-refractivity contribution in [2.24, 2.45) is 11.8 Å². The van der Waals surface area contributed by atoms with Gasteiger partial charge in [-0.3, -0.25) is 0 Å². The molecule has 0 bridgehead atoms. The second kappa shape index (κ2) is 3.35. The van der Waals surface area contributed by atoms with Crippen LogP contribution >= 0.6 is 0 Å². The van der Waals surface area contributed by atoms with E-state index in [1.165, 1.54) is 0 Å². The van der Waals surface area contributed by atoms with Crippen LogP contribution in [0.15, 0.2) is 0 Å². The van der Waals surface area contributed by atoms with E-state index in [0.29, 0.717) is 11.8 Å². The minimum Gasteiger partial charge on any atom is -0.352 e. The molecule has 0 aromatic carbocycles. The first-order chi connectivity index (χ1) is 5.43. The van der Waals surface area contributed by atoms with Crippen LogP contribution in [0.4, 0.5) is 0 Å². The van der Waals surface area contributed by atoms with Crippen molar-refractivity contribution in [3.05, 3.63) is 0 Å². The molecule has 1 aliphatic heterocycles.